The van der Waals surface area contributed by atoms with Gasteiger partial charge in [0.05, 0.1) is 0 Å². The third-order valence-electron chi connectivity index (χ3n) is 6.75. The lowest BCUT2D eigenvalue weighted by molar-refractivity contribution is -0.149. The second-order valence-electron chi connectivity index (χ2n) is 9.49. The average Bonchev–Trinajstić information content (AvgIpc) is 2.89. The molecule has 1 aliphatic rings. The highest BCUT2D eigenvalue weighted by atomic mass is 32.2. The van der Waals surface area contributed by atoms with Gasteiger partial charge in [-0.3, -0.25) is 9.00 Å². The number of hydrogen-bond acceptors (Lipinski definition) is 5. The summed E-state index contributed by atoms with van der Waals surface area (Å²) in [6, 6.07) is 19.6. The molecule has 194 valence electrons. The Labute approximate surface area is 221 Å². The molecule has 0 saturated carbocycles. The minimum Gasteiger partial charge on any atom is -0.759 e. The third kappa shape index (κ3) is 6.20. The quantitative estimate of drug-likeness (QED) is 0.375. The second-order valence-corrected chi connectivity index (χ2v) is 10.3. The number of anilines is 1. The fourth-order valence-electron chi connectivity index (χ4n) is 4.77. The molecule has 0 spiro atoms. The van der Waals surface area contributed by atoms with E-state index in [-0.39, 0.29) is 5.92 Å². The molecule has 1 heterocycles. The van der Waals surface area contributed by atoms with Crippen molar-refractivity contribution >= 4 is 33.7 Å². The number of carboxylic acid groups (broad SMARTS) is 1. The molecule has 3 aromatic rings. The van der Waals surface area contributed by atoms with E-state index in [1.54, 1.807) is 18.9 Å². The standard InChI is InChI=1S/C29H33N3O4S/c1-4-24-6-5-7-25-13-10-23(20-27(24)25)9-8-22-11-14-26(15-12-22)30-16-18-31(19-17-30)32(37(35)36)28(21(2)3)29(33)34/h5-7,10-15,20-21,28H,4,16-19H2,1-3H3,(H,33,34)(H,35,36)/p-1. The minimum absolute atomic E-state index is 0.356. The van der Waals surface area contributed by atoms with Crippen molar-refractivity contribution in [2.45, 2.75) is 33.2 Å². The molecule has 1 aliphatic heterocycles. The van der Waals surface area contributed by atoms with E-state index < -0.39 is 23.3 Å². The van der Waals surface area contributed by atoms with Crippen LogP contribution in [-0.4, -0.2) is 61.5 Å². The molecule has 1 N–H and O–H groups in total. The molecule has 0 aromatic heterocycles. The van der Waals surface area contributed by atoms with E-state index in [9.17, 15) is 18.7 Å². The van der Waals surface area contributed by atoms with Gasteiger partial charge in [-0.15, -0.1) is 0 Å². The Morgan fingerprint density at radius 1 is 1.03 bits per heavy atom. The molecular formula is C29H32N3O4S-. The Morgan fingerprint density at radius 3 is 2.27 bits per heavy atom. The van der Waals surface area contributed by atoms with E-state index in [1.807, 2.05) is 24.3 Å². The smallest absolute Gasteiger partial charge is 0.323 e. The van der Waals surface area contributed by atoms with Crippen LogP contribution in [0.3, 0.4) is 0 Å². The molecular weight excluding hydrogens is 486 g/mol. The molecule has 0 aliphatic carbocycles. The number of piperazine rings is 1. The second kappa shape index (κ2) is 11.9. The van der Waals surface area contributed by atoms with Crippen molar-refractivity contribution in [3.63, 3.8) is 0 Å². The van der Waals surface area contributed by atoms with E-state index in [4.69, 9.17) is 0 Å². The molecule has 4 rings (SSSR count). The monoisotopic (exact) mass is 518 g/mol. The molecule has 0 amide bonds. The highest BCUT2D eigenvalue weighted by molar-refractivity contribution is 7.76. The Balaban J connectivity index is 1.42. The summed E-state index contributed by atoms with van der Waals surface area (Å²) in [6.07, 6.45) is 0.981. The van der Waals surface area contributed by atoms with Gasteiger partial charge in [-0.05, 0) is 65.1 Å². The Hall–Kier alpha value is -3.22. The lowest BCUT2D eigenvalue weighted by Crippen LogP contribution is -2.60. The molecule has 0 bridgehead atoms. The first-order chi connectivity index (χ1) is 17.8. The van der Waals surface area contributed by atoms with E-state index in [0.29, 0.717) is 26.2 Å². The summed E-state index contributed by atoms with van der Waals surface area (Å²) in [5.41, 5.74) is 4.24. The molecule has 0 radical (unpaired) electrons. The highest BCUT2D eigenvalue weighted by Gasteiger charge is 2.35. The fraction of sp³-hybridized carbons (Fsp3) is 0.345. The molecule has 1 saturated heterocycles. The summed E-state index contributed by atoms with van der Waals surface area (Å²) in [7, 11) is 0. The number of carbonyl (C=O) groups is 1. The predicted molar refractivity (Wildman–Crippen MR) is 147 cm³/mol. The zero-order chi connectivity index (χ0) is 26.5. The van der Waals surface area contributed by atoms with Crippen LogP contribution in [0, 0.1) is 17.8 Å². The number of aryl methyl sites for hydroxylation is 1. The van der Waals surface area contributed by atoms with Gasteiger partial charge in [-0.25, -0.2) is 5.01 Å². The van der Waals surface area contributed by atoms with Crippen molar-refractivity contribution in [2.24, 2.45) is 5.92 Å². The van der Waals surface area contributed by atoms with Crippen molar-refractivity contribution in [2.75, 3.05) is 31.1 Å². The lowest BCUT2D eigenvalue weighted by atomic mass is 10.0. The fourth-order valence-corrected chi connectivity index (χ4v) is 5.64. The summed E-state index contributed by atoms with van der Waals surface area (Å²) in [5, 5.41) is 13.7. The largest absolute Gasteiger partial charge is 0.759 e. The van der Waals surface area contributed by atoms with Crippen LogP contribution in [0.15, 0.2) is 60.7 Å². The molecule has 7 nitrogen and oxygen atoms in total. The van der Waals surface area contributed by atoms with Crippen LogP contribution in [0.25, 0.3) is 10.8 Å². The van der Waals surface area contributed by atoms with Crippen LogP contribution >= 0.6 is 0 Å². The number of carboxylic acids is 1. The average molecular weight is 519 g/mol. The maximum absolute atomic E-state index is 11.9. The SMILES string of the molecule is CCc1cccc2ccc(C#Cc3ccc(N4CCN(N(C(C(=O)O)C(C)C)S(=O)[O-])CC4)cc3)cc12. The van der Waals surface area contributed by atoms with Gasteiger partial charge >= 0.3 is 5.97 Å². The van der Waals surface area contributed by atoms with Crippen LogP contribution in [0.1, 0.15) is 37.5 Å². The van der Waals surface area contributed by atoms with Gasteiger partial charge in [0, 0.05) is 54.3 Å². The maximum atomic E-state index is 11.9. The zero-order valence-electron chi connectivity index (χ0n) is 21.4. The normalized spacial score (nSPS) is 16.0. The number of hydrogen-bond donors (Lipinski definition) is 1. The third-order valence-corrected chi connectivity index (χ3v) is 7.51. The summed E-state index contributed by atoms with van der Waals surface area (Å²) >= 11 is -2.66. The van der Waals surface area contributed by atoms with E-state index in [2.05, 4.69) is 60.1 Å². The van der Waals surface area contributed by atoms with Crippen LogP contribution < -0.4 is 4.90 Å². The number of hydrazine groups is 1. The number of rotatable bonds is 7. The van der Waals surface area contributed by atoms with Gasteiger partial charge in [0.25, 0.3) is 0 Å². The Kier molecular flexibility index (Phi) is 8.62. The van der Waals surface area contributed by atoms with Crippen molar-refractivity contribution in [1.82, 2.24) is 9.42 Å². The van der Waals surface area contributed by atoms with Gasteiger partial charge in [0.1, 0.15) is 6.04 Å². The van der Waals surface area contributed by atoms with Crippen molar-refractivity contribution in [3.8, 4) is 11.8 Å². The predicted octanol–water partition coefficient (Wildman–Crippen LogP) is 4.04. The topological polar surface area (TPSA) is 87.2 Å². The zero-order valence-corrected chi connectivity index (χ0v) is 22.2. The van der Waals surface area contributed by atoms with Crippen molar-refractivity contribution in [3.05, 3.63) is 77.4 Å². The van der Waals surface area contributed by atoms with Gasteiger partial charge in [0.2, 0.25) is 0 Å². The van der Waals surface area contributed by atoms with Crippen LogP contribution in [0.4, 0.5) is 5.69 Å². The van der Waals surface area contributed by atoms with E-state index >= 15 is 0 Å². The minimum atomic E-state index is -2.66. The maximum Gasteiger partial charge on any atom is 0.323 e. The number of nitrogens with zero attached hydrogens (tertiary/aromatic N) is 3. The van der Waals surface area contributed by atoms with Crippen LogP contribution in [0.2, 0.25) is 0 Å². The van der Waals surface area contributed by atoms with E-state index in [0.717, 1.165) is 27.6 Å². The first-order valence-corrected chi connectivity index (χ1v) is 13.6. The Morgan fingerprint density at radius 2 is 1.68 bits per heavy atom. The Bertz CT molecular complexity index is 1340. The molecule has 2 atom stereocenters. The van der Waals surface area contributed by atoms with Gasteiger partial charge in [0.15, 0.2) is 0 Å². The van der Waals surface area contributed by atoms with Gasteiger partial charge < -0.3 is 14.6 Å². The highest BCUT2D eigenvalue weighted by Crippen LogP contribution is 2.23. The molecule has 2 unspecified atom stereocenters. The van der Waals surface area contributed by atoms with E-state index in [1.165, 1.54) is 16.3 Å². The van der Waals surface area contributed by atoms with Gasteiger partial charge in [-0.1, -0.05) is 56.9 Å². The van der Waals surface area contributed by atoms with Crippen LogP contribution in [-0.2, 0) is 22.5 Å². The van der Waals surface area contributed by atoms with Crippen LogP contribution in [0.5, 0.6) is 0 Å². The molecule has 1 fully saturated rings. The summed E-state index contributed by atoms with van der Waals surface area (Å²) < 4.78 is 24.8. The summed E-state index contributed by atoms with van der Waals surface area (Å²) in [4.78, 5) is 13.9. The summed E-state index contributed by atoms with van der Waals surface area (Å²) in [5.74, 6) is 5.03. The first-order valence-electron chi connectivity index (χ1n) is 12.5. The number of fused-ring (bicyclic) bond motifs is 1. The molecule has 37 heavy (non-hydrogen) atoms. The summed E-state index contributed by atoms with van der Waals surface area (Å²) in [6.45, 7) is 7.57. The number of aliphatic carboxylic acids is 1. The first kappa shape index (κ1) is 26.8. The molecule has 8 heteroatoms. The van der Waals surface area contributed by atoms with Crippen molar-refractivity contribution < 1.29 is 18.7 Å². The van der Waals surface area contributed by atoms with Crippen molar-refractivity contribution in [1.29, 1.82) is 0 Å². The lowest BCUT2D eigenvalue weighted by Gasteiger charge is -2.45. The number of benzene rings is 3. The molecule has 3 aromatic carbocycles. The van der Waals surface area contributed by atoms with Gasteiger partial charge in [-0.2, -0.15) is 4.41 Å².